The molecule has 108 valence electrons. The van der Waals surface area contributed by atoms with Crippen LogP contribution in [-0.2, 0) is 0 Å². The van der Waals surface area contributed by atoms with Gasteiger partial charge in [0.15, 0.2) is 0 Å². The average Bonchev–Trinajstić information content (AvgIpc) is 2.37. The van der Waals surface area contributed by atoms with E-state index in [9.17, 15) is 5.11 Å². The van der Waals surface area contributed by atoms with Crippen molar-refractivity contribution in [2.24, 2.45) is 0 Å². The Bertz CT molecular complexity index is 368. The van der Waals surface area contributed by atoms with Crippen LogP contribution in [0.25, 0.3) is 0 Å². The van der Waals surface area contributed by atoms with Gasteiger partial charge in [0, 0.05) is 13.2 Å². The van der Waals surface area contributed by atoms with Crippen LogP contribution in [0.1, 0.15) is 24.0 Å². The Labute approximate surface area is 115 Å². The first-order valence-electron chi connectivity index (χ1n) is 6.83. The van der Waals surface area contributed by atoms with Gasteiger partial charge in [0.1, 0.15) is 18.5 Å². The lowest BCUT2D eigenvalue weighted by Crippen LogP contribution is -2.32. The molecule has 0 aliphatic heterocycles. The average molecular weight is 267 g/mol. The standard InChI is InChI=1S/C15H25NO3/c1-12-5-6-15(13(2)9-12)19-11-14(18)10-16-7-3-4-8-17/h5-6,9,14,16-18H,3-4,7-8,10-11H2,1-2H3. The molecule has 0 amide bonds. The Balaban J connectivity index is 2.20. The second kappa shape index (κ2) is 8.91. The van der Waals surface area contributed by atoms with Crippen molar-refractivity contribution in [3.63, 3.8) is 0 Å². The molecule has 1 atom stereocenters. The van der Waals surface area contributed by atoms with Gasteiger partial charge in [0.25, 0.3) is 0 Å². The monoisotopic (exact) mass is 267 g/mol. The minimum absolute atomic E-state index is 0.222. The number of benzene rings is 1. The van der Waals surface area contributed by atoms with Crippen LogP contribution in [0.5, 0.6) is 5.75 Å². The van der Waals surface area contributed by atoms with Crippen molar-refractivity contribution in [3.05, 3.63) is 29.3 Å². The Morgan fingerprint density at radius 2 is 2.05 bits per heavy atom. The van der Waals surface area contributed by atoms with E-state index < -0.39 is 6.10 Å². The van der Waals surface area contributed by atoms with Gasteiger partial charge in [-0.15, -0.1) is 0 Å². The lowest BCUT2D eigenvalue weighted by atomic mass is 10.1. The number of hydrogen-bond acceptors (Lipinski definition) is 4. The minimum atomic E-state index is -0.519. The second-order valence-electron chi connectivity index (χ2n) is 4.87. The maximum Gasteiger partial charge on any atom is 0.122 e. The summed E-state index contributed by atoms with van der Waals surface area (Å²) < 4.78 is 5.60. The van der Waals surface area contributed by atoms with E-state index in [1.165, 1.54) is 5.56 Å². The number of unbranched alkanes of at least 4 members (excludes halogenated alkanes) is 1. The van der Waals surface area contributed by atoms with Crippen LogP contribution in [0.2, 0.25) is 0 Å². The van der Waals surface area contributed by atoms with Crippen LogP contribution in [0.15, 0.2) is 18.2 Å². The summed E-state index contributed by atoms with van der Waals surface area (Å²) >= 11 is 0. The van der Waals surface area contributed by atoms with Gasteiger partial charge in [0.05, 0.1) is 0 Å². The zero-order chi connectivity index (χ0) is 14.1. The highest BCUT2D eigenvalue weighted by molar-refractivity contribution is 5.35. The molecule has 4 nitrogen and oxygen atoms in total. The van der Waals surface area contributed by atoms with Crippen molar-refractivity contribution in [1.29, 1.82) is 0 Å². The Kier molecular flexibility index (Phi) is 7.48. The summed E-state index contributed by atoms with van der Waals surface area (Å²) in [5, 5.41) is 21.5. The van der Waals surface area contributed by atoms with E-state index in [1.807, 2.05) is 26.0 Å². The van der Waals surface area contributed by atoms with Crippen molar-refractivity contribution in [2.45, 2.75) is 32.8 Å². The van der Waals surface area contributed by atoms with E-state index in [4.69, 9.17) is 9.84 Å². The van der Waals surface area contributed by atoms with Gasteiger partial charge >= 0.3 is 0 Å². The quantitative estimate of drug-likeness (QED) is 0.592. The molecule has 0 heterocycles. The van der Waals surface area contributed by atoms with E-state index in [-0.39, 0.29) is 13.2 Å². The summed E-state index contributed by atoms with van der Waals surface area (Å²) in [5.41, 5.74) is 2.29. The molecule has 1 unspecified atom stereocenters. The Morgan fingerprint density at radius 1 is 1.26 bits per heavy atom. The lowest BCUT2D eigenvalue weighted by molar-refractivity contribution is 0.106. The van der Waals surface area contributed by atoms with Gasteiger partial charge in [-0.1, -0.05) is 17.7 Å². The first-order valence-corrected chi connectivity index (χ1v) is 6.83. The largest absolute Gasteiger partial charge is 0.491 e. The highest BCUT2D eigenvalue weighted by atomic mass is 16.5. The molecule has 0 fully saturated rings. The summed E-state index contributed by atoms with van der Waals surface area (Å²) in [5.74, 6) is 0.824. The van der Waals surface area contributed by atoms with Crippen LogP contribution < -0.4 is 10.1 Å². The SMILES string of the molecule is Cc1ccc(OCC(O)CNCCCCO)c(C)c1. The molecule has 1 aromatic carbocycles. The number of ether oxygens (including phenoxy) is 1. The van der Waals surface area contributed by atoms with Gasteiger partial charge in [-0.2, -0.15) is 0 Å². The molecule has 0 radical (unpaired) electrons. The van der Waals surface area contributed by atoms with Gasteiger partial charge in [-0.25, -0.2) is 0 Å². The second-order valence-corrected chi connectivity index (χ2v) is 4.87. The fraction of sp³-hybridized carbons (Fsp3) is 0.600. The molecule has 0 spiro atoms. The van der Waals surface area contributed by atoms with E-state index >= 15 is 0 Å². The molecular formula is C15H25NO3. The number of rotatable bonds is 9. The zero-order valence-electron chi connectivity index (χ0n) is 11.9. The molecule has 4 heteroatoms. The molecule has 0 saturated carbocycles. The molecule has 3 N–H and O–H groups in total. The van der Waals surface area contributed by atoms with E-state index in [1.54, 1.807) is 0 Å². The van der Waals surface area contributed by atoms with Crippen LogP contribution in [0.3, 0.4) is 0 Å². The van der Waals surface area contributed by atoms with Crippen molar-refractivity contribution in [1.82, 2.24) is 5.32 Å². The fourth-order valence-electron chi connectivity index (χ4n) is 1.84. The molecule has 0 aromatic heterocycles. The number of hydrogen-bond donors (Lipinski definition) is 3. The molecular weight excluding hydrogens is 242 g/mol. The maximum absolute atomic E-state index is 9.78. The molecule has 0 bridgehead atoms. The van der Waals surface area contributed by atoms with Gasteiger partial charge < -0.3 is 20.3 Å². The fourth-order valence-corrected chi connectivity index (χ4v) is 1.84. The highest BCUT2D eigenvalue weighted by Gasteiger charge is 2.06. The van der Waals surface area contributed by atoms with Crippen LogP contribution in [0, 0.1) is 13.8 Å². The number of aliphatic hydroxyl groups excluding tert-OH is 2. The molecule has 1 aromatic rings. The molecule has 19 heavy (non-hydrogen) atoms. The lowest BCUT2D eigenvalue weighted by Gasteiger charge is -2.14. The summed E-state index contributed by atoms with van der Waals surface area (Å²) in [7, 11) is 0. The van der Waals surface area contributed by atoms with Crippen molar-refractivity contribution >= 4 is 0 Å². The number of aliphatic hydroxyl groups is 2. The smallest absolute Gasteiger partial charge is 0.122 e. The third kappa shape index (κ3) is 6.57. The van der Waals surface area contributed by atoms with E-state index in [0.29, 0.717) is 6.54 Å². The predicted molar refractivity (Wildman–Crippen MR) is 76.6 cm³/mol. The summed E-state index contributed by atoms with van der Waals surface area (Å²) in [6.45, 7) is 5.87. The van der Waals surface area contributed by atoms with Crippen LogP contribution in [0.4, 0.5) is 0 Å². The third-order valence-electron chi connectivity index (χ3n) is 2.90. The number of nitrogens with one attached hydrogen (secondary N) is 1. The van der Waals surface area contributed by atoms with Gasteiger partial charge in [-0.3, -0.25) is 0 Å². The van der Waals surface area contributed by atoms with Gasteiger partial charge in [0.2, 0.25) is 0 Å². The van der Waals surface area contributed by atoms with E-state index in [0.717, 1.165) is 30.7 Å². The first kappa shape index (κ1) is 16.0. The molecule has 1 rings (SSSR count). The number of aryl methyl sites for hydroxylation is 2. The van der Waals surface area contributed by atoms with Crippen molar-refractivity contribution in [2.75, 3.05) is 26.3 Å². The van der Waals surface area contributed by atoms with Crippen molar-refractivity contribution < 1.29 is 14.9 Å². The van der Waals surface area contributed by atoms with Crippen LogP contribution >= 0.6 is 0 Å². The topological polar surface area (TPSA) is 61.7 Å². The normalized spacial score (nSPS) is 12.4. The minimum Gasteiger partial charge on any atom is -0.491 e. The summed E-state index contributed by atoms with van der Waals surface area (Å²) in [6, 6.07) is 6.00. The maximum atomic E-state index is 9.78. The van der Waals surface area contributed by atoms with Crippen LogP contribution in [-0.4, -0.2) is 42.6 Å². The Morgan fingerprint density at radius 3 is 2.74 bits per heavy atom. The highest BCUT2D eigenvalue weighted by Crippen LogP contribution is 2.18. The Hall–Kier alpha value is -1.10. The van der Waals surface area contributed by atoms with Gasteiger partial charge in [-0.05, 0) is 44.9 Å². The molecule has 0 saturated heterocycles. The van der Waals surface area contributed by atoms with E-state index in [2.05, 4.69) is 11.4 Å². The first-order chi connectivity index (χ1) is 9.13. The molecule has 0 aliphatic carbocycles. The summed E-state index contributed by atoms with van der Waals surface area (Å²) in [6.07, 6.45) is 1.19. The molecule has 0 aliphatic rings. The zero-order valence-corrected chi connectivity index (χ0v) is 11.9. The third-order valence-corrected chi connectivity index (χ3v) is 2.90. The van der Waals surface area contributed by atoms with Crippen molar-refractivity contribution in [3.8, 4) is 5.75 Å². The summed E-state index contributed by atoms with van der Waals surface area (Å²) in [4.78, 5) is 0. The predicted octanol–water partition coefficient (Wildman–Crippen LogP) is 1.41.